The highest BCUT2D eigenvalue weighted by atomic mass is 35.5. The van der Waals surface area contributed by atoms with Crippen LogP contribution in [0.4, 0.5) is 11.4 Å². The van der Waals surface area contributed by atoms with Crippen LogP contribution in [0.3, 0.4) is 0 Å². The van der Waals surface area contributed by atoms with E-state index >= 15 is 0 Å². The summed E-state index contributed by atoms with van der Waals surface area (Å²) < 4.78 is 39.5. The number of hydrogen-bond donors (Lipinski definition) is 2. The Balaban J connectivity index is 1.48. The molecule has 0 saturated heterocycles. The molecule has 42 heavy (non-hydrogen) atoms. The average molecular weight is 617 g/mol. The van der Waals surface area contributed by atoms with Gasteiger partial charge in [-0.05, 0) is 77.6 Å². The van der Waals surface area contributed by atoms with E-state index < -0.39 is 27.5 Å². The number of nitrogens with zero attached hydrogens (tertiary/aromatic N) is 2. The van der Waals surface area contributed by atoms with Gasteiger partial charge in [-0.3, -0.25) is 14.3 Å². The summed E-state index contributed by atoms with van der Waals surface area (Å²) in [6, 6.07) is 10.4. The van der Waals surface area contributed by atoms with Crippen LogP contribution in [0.2, 0.25) is 5.02 Å². The zero-order valence-corrected chi connectivity index (χ0v) is 26.1. The van der Waals surface area contributed by atoms with Gasteiger partial charge in [0.1, 0.15) is 22.7 Å². The van der Waals surface area contributed by atoms with E-state index in [2.05, 4.69) is 20.2 Å². The lowest BCUT2D eigenvalue weighted by Gasteiger charge is -2.31. The molecule has 2 N–H and O–H groups in total. The molecular weight excluding hydrogens is 580 g/mol. The van der Waals surface area contributed by atoms with Gasteiger partial charge in [-0.1, -0.05) is 47.8 Å². The number of hydrogen-bond acceptors (Lipinski definition) is 8. The molecule has 2 atom stereocenters. The highest BCUT2D eigenvalue weighted by Gasteiger charge is 2.38. The number of aryl methyl sites for hydroxylation is 3. The number of sulfonamides is 1. The first-order valence-electron chi connectivity index (χ1n) is 14.0. The van der Waals surface area contributed by atoms with E-state index in [9.17, 15) is 18.0 Å². The zero-order chi connectivity index (χ0) is 30.7. The Hall–Kier alpha value is -3.44. The Morgan fingerprint density at radius 1 is 1.05 bits per heavy atom. The Labute approximate surface area is 251 Å². The van der Waals surface area contributed by atoms with Crippen molar-refractivity contribution in [3.8, 4) is 11.5 Å². The van der Waals surface area contributed by atoms with E-state index in [0.29, 0.717) is 40.6 Å². The molecule has 1 aliphatic carbocycles. The Kier molecular flexibility index (Phi) is 9.62. The minimum Gasteiger partial charge on any atom is -0.460 e. The van der Waals surface area contributed by atoms with Crippen LogP contribution in [-0.2, 0) is 30.8 Å². The van der Waals surface area contributed by atoms with Crippen LogP contribution >= 0.6 is 11.6 Å². The van der Waals surface area contributed by atoms with Gasteiger partial charge in [0.25, 0.3) is 0 Å². The summed E-state index contributed by atoms with van der Waals surface area (Å²) in [4.78, 5) is 30.7. The number of ether oxygens (including phenoxy) is 1. The third-order valence-electron chi connectivity index (χ3n) is 7.11. The normalized spacial score (nSPS) is 17.5. The molecule has 2 heterocycles. The summed E-state index contributed by atoms with van der Waals surface area (Å²) in [5, 5.41) is 7.37. The standard InChI is InChI=1S/C30H37ClN4O6S/c1-18-24(33-28(36)21-11-7-8-12-22(21)29(37)40-30(3,4)5)14-15-25(32-18)27-26(19(2)34-41-27)35-42(38,39)17-16-20-10-6-9-13-23(20)31/h6,9-10,13-15,21-22,35H,7-8,11-12,16-17H2,1-5H3,(H,33,36)/t21-,22-/m0/s1. The van der Waals surface area contributed by atoms with Crippen molar-refractivity contribution in [1.29, 1.82) is 0 Å². The van der Waals surface area contributed by atoms with Gasteiger partial charge in [0.2, 0.25) is 21.7 Å². The summed E-state index contributed by atoms with van der Waals surface area (Å²) in [7, 11) is -3.77. The van der Waals surface area contributed by atoms with Gasteiger partial charge in [-0.2, -0.15) is 0 Å². The number of aromatic nitrogens is 2. The summed E-state index contributed by atoms with van der Waals surface area (Å²) >= 11 is 6.18. The van der Waals surface area contributed by atoms with E-state index in [1.807, 2.05) is 20.8 Å². The summed E-state index contributed by atoms with van der Waals surface area (Å²) in [6.07, 6.45) is 3.15. The topological polar surface area (TPSA) is 140 Å². The average Bonchev–Trinajstić information content (AvgIpc) is 3.27. The van der Waals surface area contributed by atoms with Crippen LogP contribution in [0.15, 0.2) is 40.9 Å². The maximum absolute atomic E-state index is 13.3. The van der Waals surface area contributed by atoms with Crippen molar-refractivity contribution in [3.63, 3.8) is 0 Å². The number of halogens is 1. The first kappa shape index (κ1) is 31.5. The molecule has 10 nitrogen and oxygen atoms in total. The maximum atomic E-state index is 13.3. The van der Waals surface area contributed by atoms with Crippen molar-refractivity contribution in [2.45, 2.75) is 72.3 Å². The van der Waals surface area contributed by atoms with Crippen molar-refractivity contribution in [2.75, 3.05) is 15.8 Å². The molecule has 12 heteroatoms. The predicted octanol–water partition coefficient (Wildman–Crippen LogP) is 6.08. The molecule has 2 aromatic heterocycles. The molecule has 1 saturated carbocycles. The predicted molar refractivity (Wildman–Crippen MR) is 162 cm³/mol. The molecule has 0 radical (unpaired) electrons. The van der Waals surface area contributed by atoms with E-state index in [1.54, 1.807) is 50.2 Å². The minimum absolute atomic E-state index is 0.159. The lowest BCUT2D eigenvalue weighted by atomic mass is 9.78. The van der Waals surface area contributed by atoms with Crippen molar-refractivity contribution >= 4 is 44.9 Å². The van der Waals surface area contributed by atoms with E-state index in [1.165, 1.54) is 0 Å². The SMILES string of the molecule is Cc1nc(-c2onc(C)c2NS(=O)(=O)CCc2ccccc2Cl)ccc1NC(=O)[C@H]1CCCC[C@@H]1C(=O)OC(C)(C)C. The van der Waals surface area contributed by atoms with Crippen molar-refractivity contribution < 1.29 is 27.3 Å². The number of esters is 1. The molecule has 226 valence electrons. The highest BCUT2D eigenvalue weighted by Crippen LogP contribution is 2.35. The van der Waals surface area contributed by atoms with Gasteiger partial charge in [0.15, 0.2) is 0 Å². The number of anilines is 2. The van der Waals surface area contributed by atoms with Crippen LogP contribution in [0.1, 0.15) is 63.4 Å². The van der Waals surface area contributed by atoms with Crippen LogP contribution in [-0.4, -0.2) is 41.8 Å². The fourth-order valence-corrected chi connectivity index (χ4v) is 6.34. The molecule has 0 aliphatic heterocycles. The molecule has 0 spiro atoms. The van der Waals surface area contributed by atoms with Crippen molar-refractivity contribution in [2.24, 2.45) is 11.8 Å². The second-order valence-electron chi connectivity index (χ2n) is 11.6. The fraction of sp³-hybridized carbons (Fsp3) is 0.467. The smallest absolute Gasteiger partial charge is 0.310 e. The van der Waals surface area contributed by atoms with Gasteiger partial charge in [-0.15, -0.1) is 0 Å². The van der Waals surface area contributed by atoms with Gasteiger partial charge in [0, 0.05) is 5.02 Å². The molecule has 1 aliphatic rings. The summed E-state index contributed by atoms with van der Waals surface area (Å²) in [5.41, 5.74) is 1.97. The van der Waals surface area contributed by atoms with Gasteiger partial charge < -0.3 is 14.6 Å². The number of rotatable bonds is 9. The monoisotopic (exact) mass is 616 g/mol. The molecule has 3 aromatic rings. The maximum Gasteiger partial charge on any atom is 0.310 e. The molecule has 0 bridgehead atoms. The van der Waals surface area contributed by atoms with Crippen molar-refractivity contribution in [1.82, 2.24) is 10.1 Å². The largest absolute Gasteiger partial charge is 0.460 e. The quantitative estimate of drug-likeness (QED) is 0.276. The Morgan fingerprint density at radius 3 is 2.40 bits per heavy atom. The molecule has 1 fully saturated rings. The van der Waals surface area contributed by atoms with Crippen LogP contribution in [0.5, 0.6) is 0 Å². The minimum atomic E-state index is -3.77. The first-order valence-corrected chi connectivity index (χ1v) is 16.0. The van der Waals surface area contributed by atoms with Gasteiger partial charge >= 0.3 is 5.97 Å². The third kappa shape index (κ3) is 7.89. The van der Waals surface area contributed by atoms with Crippen LogP contribution in [0, 0.1) is 25.7 Å². The van der Waals surface area contributed by atoms with E-state index in [4.69, 9.17) is 20.9 Å². The fourth-order valence-electron chi connectivity index (χ4n) is 4.97. The number of amides is 1. The lowest BCUT2D eigenvalue weighted by Crippen LogP contribution is -2.39. The second kappa shape index (κ2) is 12.8. The summed E-state index contributed by atoms with van der Waals surface area (Å²) in [6.45, 7) is 8.79. The number of nitrogens with one attached hydrogen (secondary N) is 2. The third-order valence-corrected chi connectivity index (χ3v) is 8.73. The number of carbonyl (C=O) groups excluding carboxylic acids is 2. The first-order chi connectivity index (χ1) is 19.7. The van der Waals surface area contributed by atoms with Crippen molar-refractivity contribution in [3.05, 3.63) is 58.4 Å². The Morgan fingerprint density at radius 2 is 1.74 bits per heavy atom. The molecule has 0 unspecified atom stereocenters. The zero-order valence-electron chi connectivity index (χ0n) is 24.5. The van der Waals surface area contributed by atoms with Gasteiger partial charge in [-0.25, -0.2) is 13.4 Å². The van der Waals surface area contributed by atoms with E-state index in [0.717, 1.165) is 18.4 Å². The molecule has 4 rings (SSSR count). The molecule has 1 aromatic carbocycles. The van der Waals surface area contributed by atoms with E-state index in [-0.39, 0.29) is 35.5 Å². The van der Waals surface area contributed by atoms with Crippen LogP contribution < -0.4 is 10.0 Å². The second-order valence-corrected chi connectivity index (χ2v) is 13.8. The molecule has 1 amide bonds. The van der Waals surface area contributed by atoms with Crippen LogP contribution in [0.25, 0.3) is 11.5 Å². The van der Waals surface area contributed by atoms with Gasteiger partial charge in [0.05, 0.1) is 29.0 Å². The highest BCUT2D eigenvalue weighted by molar-refractivity contribution is 7.92. The number of benzene rings is 1. The summed E-state index contributed by atoms with van der Waals surface area (Å²) in [5.74, 6) is -1.65. The number of pyridine rings is 1. The number of carbonyl (C=O) groups is 2. The Bertz CT molecular complexity index is 1560. The lowest BCUT2D eigenvalue weighted by molar-refractivity contribution is -0.164. The molecular formula is C30H37ClN4O6S.